The van der Waals surface area contributed by atoms with Crippen LogP contribution in [-0.4, -0.2) is 36.8 Å². The highest BCUT2D eigenvalue weighted by Gasteiger charge is 2.02. The van der Waals surface area contributed by atoms with E-state index >= 15 is 0 Å². The zero-order chi connectivity index (χ0) is 13.2. The summed E-state index contributed by atoms with van der Waals surface area (Å²) in [6.07, 6.45) is 3.15. The second kappa shape index (κ2) is 9.12. The SMILES string of the molecule is CN(CCCCCO)Cc1ccc(C#CCN)s1. The van der Waals surface area contributed by atoms with E-state index in [9.17, 15) is 0 Å². The van der Waals surface area contributed by atoms with Gasteiger partial charge in [-0.05, 0) is 45.0 Å². The second-order valence-electron chi connectivity index (χ2n) is 4.29. The lowest BCUT2D eigenvalue weighted by molar-refractivity contribution is 0.271. The maximum atomic E-state index is 8.71. The van der Waals surface area contributed by atoms with Gasteiger partial charge in [-0.15, -0.1) is 11.3 Å². The molecule has 3 N–H and O–H groups in total. The minimum atomic E-state index is 0.303. The van der Waals surface area contributed by atoms with Crippen molar-refractivity contribution in [2.45, 2.75) is 25.8 Å². The largest absolute Gasteiger partial charge is 0.396 e. The van der Waals surface area contributed by atoms with E-state index < -0.39 is 0 Å². The molecule has 1 aromatic heterocycles. The summed E-state index contributed by atoms with van der Waals surface area (Å²) < 4.78 is 0. The Morgan fingerprint density at radius 1 is 1.33 bits per heavy atom. The second-order valence-corrected chi connectivity index (χ2v) is 5.46. The summed E-state index contributed by atoms with van der Waals surface area (Å²) in [7, 11) is 2.13. The molecule has 1 rings (SSSR count). The van der Waals surface area contributed by atoms with Gasteiger partial charge < -0.3 is 15.7 Å². The van der Waals surface area contributed by atoms with Crippen LogP contribution in [0.2, 0.25) is 0 Å². The molecule has 0 fully saturated rings. The number of unbranched alkanes of at least 4 members (excludes halogenated alkanes) is 2. The van der Waals surface area contributed by atoms with Gasteiger partial charge in [-0.2, -0.15) is 0 Å². The van der Waals surface area contributed by atoms with Gasteiger partial charge in [0.15, 0.2) is 0 Å². The van der Waals surface area contributed by atoms with Crippen LogP contribution in [0.4, 0.5) is 0 Å². The summed E-state index contributed by atoms with van der Waals surface area (Å²) in [6, 6.07) is 4.19. The first-order chi connectivity index (χ1) is 8.76. The molecule has 0 aliphatic heterocycles. The van der Waals surface area contributed by atoms with Crippen LogP contribution < -0.4 is 5.73 Å². The summed E-state index contributed by atoms with van der Waals surface area (Å²) in [5.74, 6) is 5.93. The van der Waals surface area contributed by atoms with Crippen LogP contribution in [0.25, 0.3) is 0 Å². The number of thiophene rings is 1. The number of rotatable bonds is 7. The molecule has 0 aromatic carbocycles. The molecule has 0 atom stereocenters. The number of nitrogens with zero attached hydrogens (tertiary/aromatic N) is 1. The van der Waals surface area contributed by atoms with E-state index in [0.29, 0.717) is 13.2 Å². The van der Waals surface area contributed by atoms with Crippen LogP contribution in [0.1, 0.15) is 29.0 Å². The maximum Gasteiger partial charge on any atom is 0.0772 e. The van der Waals surface area contributed by atoms with Gasteiger partial charge in [0.2, 0.25) is 0 Å². The standard InChI is InChI=1S/C14H22N2OS/c1-16(10-3-2-4-11-17)12-14-8-7-13(18-14)6-5-9-15/h7-8,17H,2-4,9-12,15H2,1H3. The van der Waals surface area contributed by atoms with Crippen molar-refractivity contribution in [2.75, 3.05) is 26.7 Å². The lowest BCUT2D eigenvalue weighted by Crippen LogP contribution is -2.18. The Balaban J connectivity index is 2.30. The van der Waals surface area contributed by atoms with Crippen LogP contribution in [0.3, 0.4) is 0 Å². The summed E-state index contributed by atoms with van der Waals surface area (Å²) in [6.45, 7) is 2.76. The van der Waals surface area contributed by atoms with E-state index in [1.165, 1.54) is 4.88 Å². The van der Waals surface area contributed by atoms with E-state index in [1.54, 1.807) is 11.3 Å². The summed E-state index contributed by atoms with van der Waals surface area (Å²) in [4.78, 5) is 4.73. The Labute approximate surface area is 114 Å². The molecule has 3 nitrogen and oxygen atoms in total. The molecule has 0 bridgehead atoms. The van der Waals surface area contributed by atoms with Crippen molar-refractivity contribution in [1.82, 2.24) is 4.90 Å². The lowest BCUT2D eigenvalue weighted by Gasteiger charge is -2.14. The smallest absolute Gasteiger partial charge is 0.0772 e. The van der Waals surface area contributed by atoms with Gasteiger partial charge in [0, 0.05) is 18.0 Å². The number of aliphatic hydroxyl groups excluding tert-OH is 1. The minimum Gasteiger partial charge on any atom is -0.396 e. The molecule has 0 unspecified atom stereocenters. The molecule has 18 heavy (non-hydrogen) atoms. The summed E-state index contributed by atoms with van der Waals surface area (Å²) in [5.41, 5.74) is 5.35. The molecular weight excluding hydrogens is 244 g/mol. The molecule has 100 valence electrons. The first-order valence-corrected chi connectivity index (χ1v) is 7.15. The fourth-order valence-electron chi connectivity index (χ4n) is 1.68. The van der Waals surface area contributed by atoms with Crippen molar-refractivity contribution in [2.24, 2.45) is 5.73 Å². The van der Waals surface area contributed by atoms with Crippen molar-refractivity contribution in [3.8, 4) is 11.8 Å². The number of aliphatic hydroxyl groups is 1. The molecular formula is C14H22N2OS. The van der Waals surface area contributed by atoms with Crippen LogP contribution in [-0.2, 0) is 6.54 Å². The molecule has 0 spiro atoms. The van der Waals surface area contributed by atoms with Crippen LogP contribution >= 0.6 is 11.3 Å². The average molecular weight is 266 g/mol. The van der Waals surface area contributed by atoms with Gasteiger partial charge in [-0.25, -0.2) is 0 Å². The minimum absolute atomic E-state index is 0.303. The molecule has 0 aliphatic rings. The van der Waals surface area contributed by atoms with Gasteiger partial charge in [0.1, 0.15) is 0 Å². The van der Waals surface area contributed by atoms with Gasteiger partial charge in [0.25, 0.3) is 0 Å². The van der Waals surface area contributed by atoms with Crippen molar-refractivity contribution in [3.05, 3.63) is 21.9 Å². The third-order valence-electron chi connectivity index (χ3n) is 2.60. The van der Waals surface area contributed by atoms with E-state index in [2.05, 4.69) is 35.9 Å². The van der Waals surface area contributed by atoms with E-state index in [1.807, 2.05) is 0 Å². The molecule has 0 aliphatic carbocycles. The Morgan fingerprint density at radius 3 is 2.89 bits per heavy atom. The third-order valence-corrected chi connectivity index (χ3v) is 3.58. The molecule has 4 heteroatoms. The number of nitrogens with two attached hydrogens (primary N) is 1. The zero-order valence-electron chi connectivity index (χ0n) is 11.0. The quantitative estimate of drug-likeness (QED) is 0.583. The Hall–Kier alpha value is -0.860. The molecule has 0 amide bonds. The Morgan fingerprint density at radius 2 is 2.17 bits per heavy atom. The van der Waals surface area contributed by atoms with Crippen molar-refractivity contribution in [1.29, 1.82) is 0 Å². The van der Waals surface area contributed by atoms with Crippen LogP contribution in [0, 0.1) is 11.8 Å². The molecule has 0 saturated carbocycles. The monoisotopic (exact) mass is 266 g/mol. The lowest BCUT2D eigenvalue weighted by atomic mass is 10.2. The molecule has 1 heterocycles. The molecule has 0 saturated heterocycles. The van der Waals surface area contributed by atoms with E-state index in [-0.39, 0.29) is 0 Å². The average Bonchev–Trinajstić information content (AvgIpc) is 2.80. The van der Waals surface area contributed by atoms with Gasteiger partial charge in [-0.3, -0.25) is 0 Å². The fourth-order valence-corrected chi connectivity index (χ4v) is 2.65. The van der Waals surface area contributed by atoms with Crippen molar-refractivity contribution >= 4 is 11.3 Å². The topological polar surface area (TPSA) is 49.5 Å². The van der Waals surface area contributed by atoms with Gasteiger partial charge in [0.05, 0.1) is 11.4 Å². The highest BCUT2D eigenvalue weighted by molar-refractivity contribution is 7.12. The normalized spacial score (nSPS) is 10.4. The first-order valence-electron chi connectivity index (χ1n) is 6.33. The zero-order valence-corrected chi connectivity index (χ0v) is 11.8. The summed E-state index contributed by atoms with van der Waals surface area (Å²) in [5, 5.41) is 8.71. The predicted molar refractivity (Wildman–Crippen MR) is 77.5 cm³/mol. The van der Waals surface area contributed by atoms with Crippen molar-refractivity contribution < 1.29 is 5.11 Å². The highest BCUT2D eigenvalue weighted by atomic mass is 32.1. The fraction of sp³-hybridized carbons (Fsp3) is 0.571. The van der Waals surface area contributed by atoms with Crippen LogP contribution in [0.5, 0.6) is 0 Å². The Bertz CT molecular complexity index is 392. The van der Waals surface area contributed by atoms with Crippen LogP contribution in [0.15, 0.2) is 12.1 Å². The maximum absolute atomic E-state index is 8.71. The third kappa shape index (κ3) is 6.18. The summed E-state index contributed by atoms with van der Waals surface area (Å²) >= 11 is 1.73. The first kappa shape index (κ1) is 15.2. The molecule has 1 aromatic rings. The predicted octanol–water partition coefficient (Wildman–Crippen LogP) is 1.65. The van der Waals surface area contributed by atoms with E-state index in [4.69, 9.17) is 10.8 Å². The Kier molecular flexibility index (Phi) is 7.70. The van der Waals surface area contributed by atoms with Gasteiger partial charge >= 0.3 is 0 Å². The van der Waals surface area contributed by atoms with Crippen molar-refractivity contribution in [3.63, 3.8) is 0 Å². The molecule has 0 radical (unpaired) electrons. The highest BCUT2D eigenvalue weighted by Crippen LogP contribution is 2.17. The number of hydrogen-bond donors (Lipinski definition) is 2. The van der Waals surface area contributed by atoms with Gasteiger partial charge in [-0.1, -0.05) is 11.8 Å². The van der Waals surface area contributed by atoms with E-state index in [0.717, 1.165) is 37.2 Å². The number of hydrogen-bond acceptors (Lipinski definition) is 4.